The van der Waals surface area contributed by atoms with Crippen molar-refractivity contribution in [3.05, 3.63) is 66.1 Å². The highest BCUT2D eigenvalue weighted by atomic mass is 16.5. The second-order valence-electron chi connectivity index (χ2n) is 5.37. The van der Waals surface area contributed by atoms with Crippen LogP contribution in [0.3, 0.4) is 0 Å². The van der Waals surface area contributed by atoms with Crippen LogP contribution in [0.1, 0.15) is 11.5 Å². The summed E-state index contributed by atoms with van der Waals surface area (Å²) in [5.41, 5.74) is 2.95. The van der Waals surface area contributed by atoms with E-state index >= 15 is 0 Å². The molecule has 24 heavy (non-hydrogen) atoms. The first-order valence-electron chi connectivity index (χ1n) is 7.66. The van der Waals surface area contributed by atoms with Crippen molar-refractivity contribution in [1.29, 1.82) is 0 Å². The van der Waals surface area contributed by atoms with Crippen LogP contribution in [0, 0.1) is 6.92 Å². The number of aryl methyl sites for hydroxylation is 1. The number of amides is 1. The van der Waals surface area contributed by atoms with Gasteiger partial charge in [-0.2, -0.15) is 4.98 Å². The maximum absolute atomic E-state index is 11.9. The van der Waals surface area contributed by atoms with Crippen LogP contribution in [0.5, 0.6) is 0 Å². The molecule has 0 aliphatic heterocycles. The molecule has 1 heterocycles. The number of anilines is 1. The van der Waals surface area contributed by atoms with E-state index in [1.165, 1.54) is 5.56 Å². The highest BCUT2D eigenvalue weighted by molar-refractivity contribution is 5.80. The lowest BCUT2D eigenvalue weighted by atomic mass is 10.2. The van der Waals surface area contributed by atoms with Crippen LogP contribution in [-0.4, -0.2) is 22.6 Å². The number of nitrogens with zero attached hydrogens (tertiary/aromatic N) is 2. The zero-order valence-corrected chi connectivity index (χ0v) is 13.3. The predicted molar refractivity (Wildman–Crippen MR) is 91.2 cm³/mol. The van der Waals surface area contributed by atoms with E-state index in [4.69, 9.17) is 4.52 Å². The van der Waals surface area contributed by atoms with Crippen molar-refractivity contribution in [1.82, 2.24) is 15.5 Å². The number of hydrogen-bond acceptors (Lipinski definition) is 5. The summed E-state index contributed by atoms with van der Waals surface area (Å²) in [4.78, 5) is 16.1. The minimum atomic E-state index is -0.143. The van der Waals surface area contributed by atoms with E-state index < -0.39 is 0 Å². The van der Waals surface area contributed by atoms with Crippen LogP contribution in [-0.2, 0) is 11.3 Å². The third-order valence-corrected chi connectivity index (χ3v) is 3.44. The summed E-state index contributed by atoms with van der Waals surface area (Å²) in [6.07, 6.45) is 0. The van der Waals surface area contributed by atoms with Gasteiger partial charge >= 0.3 is 0 Å². The summed E-state index contributed by atoms with van der Waals surface area (Å²) in [5, 5.41) is 9.72. The molecule has 0 saturated heterocycles. The number of benzene rings is 2. The maximum atomic E-state index is 11.9. The Morgan fingerprint density at radius 3 is 2.58 bits per heavy atom. The van der Waals surface area contributed by atoms with Crippen LogP contribution < -0.4 is 10.6 Å². The molecule has 3 aromatic rings. The summed E-state index contributed by atoms with van der Waals surface area (Å²) in [6, 6.07) is 17.4. The Kier molecular flexibility index (Phi) is 4.86. The first-order chi connectivity index (χ1) is 11.7. The van der Waals surface area contributed by atoms with Crippen molar-refractivity contribution in [2.45, 2.75) is 13.5 Å². The summed E-state index contributed by atoms with van der Waals surface area (Å²) in [6.45, 7) is 2.40. The molecule has 3 rings (SSSR count). The summed E-state index contributed by atoms with van der Waals surface area (Å²) < 4.78 is 5.15. The topological polar surface area (TPSA) is 80.0 Å². The molecule has 1 aromatic heterocycles. The zero-order chi connectivity index (χ0) is 16.8. The van der Waals surface area contributed by atoms with Gasteiger partial charge in [-0.15, -0.1) is 0 Å². The molecule has 122 valence electrons. The second-order valence-corrected chi connectivity index (χ2v) is 5.37. The van der Waals surface area contributed by atoms with Gasteiger partial charge in [0.2, 0.25) is 17.6 Å². The van der Waals surface area contributed by atoms with Crippen LogP contribution in [0.2, 0.25) is 0 Å². The quantitative estimate of drug-likeness (QED) is 0.729. The van der Waals surface area contributed by atoms with Crippen LogP contribution in [0.25, 0.3) is 11.4 Å². The van der Waals surface area contributed by atoms with Gasteiger partial charge in [0.25, 0.3) is 0 Å². The van der Waals surface area contributed by atoms with Crippen LogP contribution in [0.4, 0.5) is 5.69 Å². The lowest BCUT2D eigenvalue weighted by Crippen LogP contribution is -2.29. The van der Waals surface area contributed by atoms with E-state index in [9.17, 15) is 4.79 Å². The minimum Gasteiger partial charge on any atom is -0.376 e. The molecule has 0 spiro atoms. The number of aromatic nitrogens is 2. The Hall–Kier alpha value is -3.15. The largest absolute Gasteiger partial charge is 0.376 e. The van der Waals surface area contributed by atoms with Crippen molar-refractivity contribution in [3.63, 3.8) is 0 Å². The fraction of sp³-hybridized carbons (Fsp3) is 0.167. The number of rotatable bonds is 6. The average molecular weight is 322 g/mol. The Morgan fingerprint density at radius 1 is 1.08 bits per heavy atom. The zero-order valence-electron chi connectivity index (χ0n) is 13.3. The molecule has 6 heteroatoms. The van der Waals surface area contributed by atoms with Gasteiger partial charge in [-0.3, -0.25) is 4.79 Å². The molecule has 0 fully saturated rings. The van der Waals surface area contributed by atoms with Gasteiger partial charge in [0.1, 0.15) is 0 Å². The molecule has 6 nitrogen and oxygen atoms in total. The first kappa shape index (κ1) is 15.7. The predicted octanol–water partition coefficient (Wildman–Crippen LogP) is 2.77. The van der Waals surface area contributed by atoms with Crippen molar-refractivity contribution < 1.29 is 9.32 Å². The lowest BCUT2D eigenvalue weighted by Gasteiger charge is -2.06. The Bertz CT molecular complexity index is 797. The van der Waals surface area contributed by atoms with Gasteiger partial charge in [-0.25, -0.2) is 0 Å². The second kappa shape index (κ2) is 7.41. The SMILES string of the molecule is Cc1ccc(NCC(=O)NCc2nc(-c3ccccc3)no2)cc1. The highest BCUT2D eigenvalue weighted by Gasteiger charge is 2.09. The molecule has 0 aliphatic rings. The third kappa shape index (κ3) is 4.19. The molecule has 0 aliphatic carbocycles. The fourth-order valence-corrected chi connectivity index (χ4v) is 2.12. The van der Waals surface area contributed by atoms with E-state index in [1.54, 1.807) is 0 Å². The van der Waals surface area contributed by atoms with E-state index in [0.717, 1.165) is 11.3 Å². The van der Waals surface area contributed by atoms with E-state index in [0.29, 0.717) is 11.7 Å². The number of carbonyl (C=O) groups is 1. The Balaban J connectivity index is 1.48. The van der Waals surface area contributed by atoms with Crippen molar-refractivity contribution in [2.75, 3.05) is 11.9 Å². The van der Waals surface area contributed by atoms with E-state index in [-0.39, 0.29) is 19.0 Å². The van der Waals surface area contributed by atoms with Crippen molar-refractivity contribution in [2.24, 2.45) is 0 Å². The number of hydrogen-bond donors (Lipinski definition) is 2. The molecule has 2 aromatic carbocycles. The van der Waals surface area contributed by atoms with Gasteiger partial charge < -0.3 is 15.2 Å². The van der Waals surface area contributed by atoms with Gasteiger partial charge in [-0.05, 0) is 19.1 Å². The standard InChI is InChI=1S/C18H18N4O2/c1-13-7-9-15(10-8-13)19-11-16(23)20-12-17-21-18(22-24-17)14-5-3-2-4-6-14/h2-10,19H,11-12H2,1H3,(H,20,23). The van der Waals surface area contributed by atoms with Crippen molar-refractivity contribution in [3.8, 4) is 11.4 Å². The average Bonchev–Trinajstić information content (AvgIpc) is 3.09. The Labute approximate surface area is 139 Å². The number of carbonyl (C=O) groups excluding carboxylic acids is 1. The molecule has 0 unspecified atom stereocenters. The normalized spacial score (nSPS) is 10.4. The minimum absolute atomic E-state index is 0.143. The van der Waals surface area contributed by atoms with Gasteiger partial charge in [0, 0.05) is 11.3 Å². The fourth-order valence-electron chi connectivity index (χ4n) is 2.12. The molecule has 1 amide bonds. The summed E-state index contributed by atoms with van der Waals surface area (Å²) in [7, 11) is 0. The first-order valence-corrected chi connectivity index (χ1v) is 7.66. The van der Waals surface area contributed by atoms with Crippen molar-refractivity contribution >= 4 is 11.6 Å². The molecule has 0 saturated carbocycles. The monoisotopic (exact) mass is 322 g/mol. The number of nitrogens with one attached hydrogen (secondary N) is 2. The molecular weight excluding hydrogens is 304 g/mol. The van der Waals surface area contributed by atoms with Gasteiger partial charge in [0.05, 0.1) is 13.1 Å². The molecule has 2 N–H and O–H groups in total. The molecular formula is C18H18N4O2. The summed E-state index contributed by atoms with van der Waals surface area (Å²) >= 11 is 0. The van der Waals surface area contributed by atoms with Crippen LogP contribution >= 0.6 is 0 Å². The van der Waals surface area contributed by atoms with Crippen LogP contribution in [0.15, 0.2) is 59.1 Å². The summed E-state index contributed by atoms with van der Waals surface area (Å²) in [5.74, 6) is 0.741. The van der Waals surface area contributed by atoms with Gasteiger partial charge in [0.15, 0.2) is 0 Å². The van der Waals surface area contributed by atoms with E-state index in [1.807, 2.05) is 61.5 Å². The molecule has 0 atom stereocenters. The third-order valence-electron chi connectivity index (χ3n) is 3.44. The lowest BCUT2D eigenvalue weighted by molar-refractivity contribution is -0.119. The maximum Gasteiger partial charge on any atom is 0.246 e. The molecule has 0 bridgehead atoms. The van der Waals surface area contributed by atoms with E-state index in [2.05, 4.69) is 20.8 Å². The Morgan fingerprint density at radius 2 is 1.83 bits per heavy atom. The smallest absolute Gasteiger partial charge is 0.246 e. The molecule has 0 radical (unpaired) electrons. The highest BCUT2D eigenvalue weighted by Crippen LogP contribution is 2.14. The van der Waals surface area contributed by atoms with Gasteiger partial charge in [-0.1, -0.05) is 53.2 Å².